The van der Waals surface area contributed by atoms with E-state index in [1.807, 2.05) is 0 Å². The van der Waals surface area contributed by atoms with Gasteiger partial charge in [-0.25, -0.2) is 9.55 Å². The lowest BCUT2D eigenvalue weighted by Crippen LogP contribution is -2.33. The van der Waals surface area contributed by atoms with Gasteiger partial charge in [0.2, 0.25) is 5.95 Å². The molecule has 4 atom stereocenters. The lowest BCUT2D eigenvalue weighted by atomic mass is 10.1. The van der Waals surface area contributed by atoms with E-state index in [0.29, 0.717) is 0 Å². The first-order valence-corrected chi connectivity index (χ1v) is 8.14. The van der Waals surface area contributed by atoms with Crippen LogP contribution in [0.5, 0.6) is 0 Å². The third-order valence-corrected chi connectivity index (χ3v) is 3.95. The minimum Gasteiger partial charge on any atom is -0.387 e. The molecule has 14 heteroatoms. The zero-order valence-corrected chi connectivity index (χ0v) is 12.8. The zero-order valence-electron chi connectivity index (χ0n) is 11.9. The molecule has 1 aliphatic rings. The van der Waals surface area contributed by atoms with Crippen LogP contribution in [0, 0.1) is 0 Å². The molecule has 2 aromatic rings. The van der Waals surface area contributed by atoms with Crippen LogP contribution in [0.25, 0.3) is 11.2 Å². The van der Waals surface area contributed by atoms with Crippen molar-refractivity contribution in [2.75, 3.05) is 12.3 Å². The van der Waals surface area contributed by atoms with Gasteiger partial charge in [-0.3, -0.25) is 18.9 Å². The number of fused-ring (bicyclic) bond motifs is 1. The standard InChI is InChI=1S/C10H14N5O8P/c11-10-13-7-4(8(18)14-10)12-2-15(7)9-6(17)5(16)3(23-9)1-22-24(19,20)21/h2-3,5-6,9,16-17H,1H2,(H2,19,20,21)(H3,11,13,14,18)/t3-,5+,6?,9-/m1/s1/i11+1,12+1,13+1,14+1,15+1. The minimum absolute atomic E-state index is 0.0176. The summed E-state index contributed by atoms with van der Waals surface area (Å²) in [6.45, 7) is -0.651. The lowest BCUT2D eigenvalue weighted by molar-refractivity contribution is -0.0503. The SMILES string of the molecule is [15NH2]c1[15n]c2c([15n]c[15n]2[C@@H]2O[C@H](COP(=O)(O)O)[C@H](O)C2O)c(=O)[15nH]1. The van der Waals surface area contributed by atoms with Gasteiger partial charge in [-0.1, -0.05) is 0 Å². The number of ether oxygens (including phenoxy) is 1. The van der Waals surface area contributed by atoms with Crippen LogP contribution >= 0.6 is 7.82 Å². The van der Waals surface area contributed by atoms with Crippen LogP contribution < -0.4 is 11.3 Å². The Morgan fingerprint density at radius 1 is 1.42 bits per heavy atom. The molecule has 2 aromatic heterocycles. The quantitative estimate of drug-likeness (QED) is 0.244. The number of H-pyrrole nitrogens is 1. The van der Waals surface area contributed by atoms with E-state index in [1.165, 1.54) is 10.9 Å². The van der Waals surface area contributed by atoms with Crippen LogP contribution in [-0.2, 0) is 13.8 Å². The summed E-state index contributed by atoms with van der Waals surface area (Å²) in [4.78, 5) is 39.1. The number of phosphoric ester groups is 1. The van der Waals surface area contributed by atoms with E-state index in [4.69, 9.17) is 20.3 Å². The first kappa shape index (κ1) is 17.0. The second-order valence-corrected chi connectivity index (χ2v) is 6.35. The molecule has 1 aliphatic heterocycles. The highest BCUT2D eigenvalue weighted by atomic mass is 31.2. The van der Waals surface area contributed by atoms with E-state index >= 15 is 0 Å². The Morgan fingerprint density at radius 2 is 2.12 bits per heavy atom. The van der Waals surface area contributed by atoms with Crippen molar-refractivity contribution in [3.63, 3.8) is 0 Å². The van der Waals surface area contributed by atoms with E-state index in [1.54, 1.807) is 0 Å². The Kier molecular flexibility index (Phi) is 4.17. The van der Waals surface area contributed by atoms with Crippen LogP contribution in [0.3, 0.4) is 0 Å². The molecular formula is C10H14N5O8P. The number of nitrogens with one attached hydrogen (secondary N) is 1. The molecule has 0 bridgehead atoms. The molecule has 24 heavy (non-hydrogen) atoms. The molecule has 1 unspecified atom stereocenters. The second-order valence-electron chi connectivity index (χ2n) is 5.11. The molecular weight excluding hydrogens is 354 g/mol. The lowest BCUT2D eigenvalue weighted by Gasteiger charge is -2.16. The summed E-state index contributed by atoms with van der Waals surface area (Å²) < 4.78 is 21.6. The first-order chi connectivity index (χ1) is 11.2. The zero-order chi connectivity index (χ0) is 17.6. The van der Waals surface area contributed by atoms with Crippen LogP contribution in [0.2, 0.25) is 0 Å². The van der Waals surface area contributed by atoms with Crippen molar-refractivity contribution < 1.29 is 33.8 Å². The van der Waals surface area contributed by atoms with Gasteiger partial charge in [0.05, 0.1) is 12.9 Å². The van der Waals surface area contributed by atoms with Crippen LogP contribution in [-0.4, -0.2) is 64.4 Å². The van der Waals surface area contributed by atoms with Gasteiger partial charge < -0.3 is 30.5 Å². The summed E-state index contributed by atoms with van der Waals surface area (Å²) in [6, 6.07) is 0. The maximum absolute atomic E-state index is 11.7. The fourth-order valence-electron chi connectivity index (χ4n) is 2.40. The Balaban J connectivity index is 1.90. The van der Waals surface area contributed by atoms with E-state index in [0.717, 1.165) is 0 Å². The fourth-order valence-corrected chi connectivity index (χ4v) is 2.74. The molecule has 13 nitrogen and oxygen atoms in total. The summed E-state index contributed by atoms with van der Waals surface area (Å²) in [6.07, 6.45) is -4.22. The van der Waals surface area contributed by atoms with Crippen molar-refractivity contribution in [1.29, 1.82) is 0 Å². The third-order valence-electron chi connectivity index (χ3n) is 3.47. The molecule has 0 amide bonds. The highest BCUT2D eigenvalue weighted by molar-refractivity contribution is 7.46. The Labute approximate surface area is 132 Å². The van der Waals surface area contributed by atoms with Gasteiger partial charge in [-0.15, -0.1) is 0 Å². The van der Waals surface area contributed by atoms with Crippen molar-refractivity contribution in [3.05, 3.63) is 16.7 Å². The number of anilines is 1. The molecule has 1 saturated heterocycles. The van der Waals surface area contributed by atoms with Gasteiger partial charge in [0.15, 0.2) is 17.4 Å². The predicted molar refractivity (Wildman–Crippen MR) is 76.5 cm³/mol. The van der Waals surface area contributed by atoms with Gasteiger partial charge in [0.25, 0.3) is 5.56 Å². The van der Waals surface area contributed by atoms with Gasteiger partial charge in [-0.2, -0.15) is 4.98 Å². The third kappa shape index (κ3) is 3.06. The summed E-state index contributed by atoms with van der Waals surface area (Å²) >= 11 is 0. The number of rotatable bonds is 4. The number of hydrogen-bond donors (Lipinski definition) is 6. The van der Waals surface area contributed by atoms with Crippen molar-refractivity contribution in [2.45, 2.75) is 24.5 Å². The van der Waals surface area contributed by atoms with Gasteiger partial charge in [-0.05, 0) is 0 Å². The number of aliphatic hydroxyl groups is 2. The second kappa shape index (κ2) is 5.89. The van der Waals surface area contributed by atoms with Crippen molar-refractivity contribution in [3.8, 4) is 0 Å². The van der Waals surface area contributed by atoms with Crippen molar-refractivity contribution in [2.24, 2.45) is 0 Å². The Morgan fingerprint density at radius 3 is 2.79 bits per heavy atom. The van der Waals surface area contributed by atoms with E-state index < -0.39 is 44.5 Å². The molecule has 3 heterocycles. The molecule has 3 rings (SSSR count). The molecule has 0 aliphatic carbocycles. The highest BCUT2D eigenvalue weighted by Gasteiger charge is 2.45. The van der Waals surface area contributed by atoms with Gasteiger partial charge >= 0.3 is 7.82 Å². The molecule has 0 spiro atoms. The number of nitrogens with zero attached hydrogens (tertiary/aromatic N) is 3. The number of nitrogen functional groups attached to an aromatic ring is 1. The highest BCUT2D eigenvalue weighted by Crippen LogP contribution is 2.38. The van der Waals surface area contributed by atoms with Crippen LogP contribution in [0.4, 0.5) is 5.95 Å². The van der Waals surface area contributed by atoms with Gasteiger partial charge in [0.1, 0.15) is 18.3 Å². The maximum Gasteiger partial charge on any atom is 0.469 e. The summed E-state index contributed by atoms with van der Waals surface area (Å²) in [7, 11) is -4.76. The number of aromatic nitrogens is 4. The number of hydrogen-bond acceptors (Lipinski definition) is 9. The Bertz CT molecular complexity index is 861. The maximum atomic E-state index is 11.7. The molecule has 7 N–H and O–H groups in total. The number of aliphatic hydroxyl groups excluding tert-OH is 2. The predicted octanol–water partition coefficient (Wildman–Crippen LogP) is -2.57. The van der Waals surface area contributed by atoms with Crippen LogP contribution in [0.15, 0.2) is 11.1 Å². The topological polar surface area (TPSA) is 206 Å². The molecule has 1 fully saturated rings. The largest absolute Gasteiger partial charge is 0.469 e. The van der Waals surface area contributed by atoms with Crippen molar-refractivity contribution >= 4 is 24.9 Å². The molecule has 0 radical (unpaired) electrons. The molecule has 0 saturated carbocycles. The average Bonchev–Trinajstić information content (AvgIpc) is 3.00. The van der Waals surface area contributed by atoms with Crippen LogP contribution in [0.1, 0.15) is 6.23 Å². The number of phosphoric acid groups is 1. The fraction of sp³-hybridized carbons (Fsp3) is 0.500. The molecule has 132 valence electrons. The smallest absolute Gasteiger partial charge is 0.387 e. The molecule has 0 aromatic carbocycles. The number of imidazole rings is 1. The Hall–Kier alpha value is -1.86. The number of aromatic amines is 1. The summed E-state index contributed by atoms with van der Waals surface area (Å²) in [5, 5.41) is 20.1. The minimum atomic E-state index is -4.76. The van der Waals surface area contributed by atoms with Crippen molar-refractivity contribution in [1.82, 2.24) is 19.5 Å². The summed E-state index contributed by atoms with van der Waals surface area (Å²) in [5.74, 6) is -0.177. The monoisotopic (exact) mass is 368 g/mol. The van der Waals surface area contributed by atoms with E-state index in [-0.39, 0.29) is 17.1 Å². The summed E-state index contributed by atoms with van der Waals surface area (Å²) in [5.41, 5.74) is 4.84. The average molecular weight is 368 g/mol. The normalized spacial score (nSPS) is 27.8. The van der Waals surface area contributed by atoms with Gasteiger partial charge in [0, 0.05) is 0 Å². The first-order valence-electron chi connectivity index (χ1n) is 6.61. The van der Waals surface area contributed by atoms with E-state index in [9.17, 15) is 19.6 Å². The van der Waals surface area contributed by atoms with E-state index in [2.05, 4.69) is 19.5 Å². The number of nitrogens with two attached hydrogens (primary N) is 1.